The lowest BCUT2D eigenvalue weighted by Gasteiger charge is -1.98. The molecule has 1 aromatic heterocycles. The van der Waals surface area contributed by atoms with Crippen LogP contribution in [0.15, 0.2) is 29.6 Å². The maximum absolute atomic E-state index is 11.3. The molecule has 0 saturated heterocycles. The number of thiazole rings is 1. The molecule has 0 radical (unpaired) electrons. The van der Waals surface area contributed by atoms with E-state index in [0.717, 1.165) is 16.3 Å². The lowest BCUT2D eigenvalue weighted by molar-refractivity contribution is -0.142. The van der Waals surface area contributed by atoms with Gasteiger partial charge in [0.05, 0.1) is 18.7 Å². The highest BCUT2D eigenvalue weighted by atomic mass is 35.5. The van der Waals surface area contributed by atoms with E-state index in [1.54, 1.807) is 6.92 Å². The van der Waals surface area contributed by atoms with E-state index in [9.17, 15) is 4.79 Å². The second-order valence-corrected chi connectivity index (χ2v) is 4.99. The largest absolute Gasteiger partial charge is 0.466 e. The fourth-order valence-electron chi connectivity index (χ4n) is 1.48. The summed E-state index contributed by atoms with van der Waals surface area (Å²) in [4.78, 5) is 15.7. The predicted octanol–water partition coefficient (Wildman–Crippen LogP) is 3.57. The van der Waals surface area contributed by atoms with Gasteiger partial charge in [-0.25, -0.2) is 4.98 Å². The molecule has 0 unspecified atom stereocenters. The number of rotatable bonds is 4. The Balaban J connectivity index is 2.10. The zero-order valence-corrected chi connectivity index (χ0v) is 11.4. The molecule has 0 spiro atoms. The normalized spacial score (nSPS) is 10.3. The summed E-state index contributed by atoms with van der Waals surface area (Å²) in [6, 6.07) is 7.46. The molecule has 0 amide bonds. The molecule has 2 aromatic rings. The molecule has 1 heterocycles. The summed E-state index contributed by atoms with van der Waals surface area (Å²) in [5.74, 6) is -0.241. The maximum atomic E-state index is 11.3. The van der Waals surface area contributed by atoms with Crippen LogP contribution in [0.4, 0.5) is 0 Å². The first-order valence-corrected chi connectivity index (χ1v) is 6.80. The smallest absolute Gasteiger partial charge is 0.312 e. The van der Waals surface area contributed by atoms with Crippen molar-refractivity contribution in [1.82, 2.24) is 4.98 Å². The van der Waals surface area contributed by atoms with E-state index in [0.29, 0.717) is 11.6 Å². The van der Waals surface area contributed by atoms with Crippen molar-refractivity contribution in [2.24, 2.45) is 0 Å². The Morgan fingerprint density at radius 2 is 2.11 bits per heavy atom. The van der Waals surface area contributed by atoms with Crippen LogP contribution in [-0.4, -0.2) is 17.6 Å². The molecular weight excluding hydrogens is 270 g/mol. The molecule has 0 aliphatic rings. The van der Waals surface area contributed by atoms with E-state index in [1.165, 1.54) is 11.3 Å². The highest BCUT2D eigenvalue weighted by molar-refractivity contribution is 7.10. The molecule has 0 bridgehead atoms. The van der Waals surface area contributed by atoms with Gasteiger partial charge in [-0.1, -0.05) is 23.7 Å². The number of carbonyl (C=O) groups excluding carboxylic acids is 1. The summed E-state index contributed by atoms with van der Waals surface area (Å²) in [6.07, 6.45) is 0.228. The van der Waals surface area contributed by atoms with Gasteiger partial charge in [0.2, 0.25) is 0 Å². The van der Waals surface area contributed by atoms with Gasteiger partial charge in [0.15, 0.2) is 0 Å². The molecule has 0 atom stereocenters. The molecule has 2 rings (SSSR count). The van der Waals surface area contributed by atoms with E-state index in [-0.39, 0.29) is 12.4 Å². The Bertz CT molecular complexity index is 536. The predicted molar refractivity (Wildman–Crippen MR) is 72.9 cm³/mol. The van der Waals surface area contributed by atoms with Crippen molar-refractivity contribution in [1.29, 1.82) is 0 Å². The second kappa shape index (κ2) is 5.98. The lowest BCUT2D eigenvalue weighted by Crippen LogP contribution is -2.07. The third kappa shape index (κ3) is 3.31. The van der Waals surface area contributed by atoms with E-state index < -0.39 is 0 Å². The van der Waals surface area contributed by atoms with Crippen LogP contribution in [0.1, 0.15) is 11.9 Å². The highest BCUT2D eigenvalue weighted by Crippen LogP contribution is 2.23. The van der Waals surface area contributed by atoms with Gasteiger partial charge >= 0.3 is 5.97 Å². The molecule has 3 nitrogen and oxygen atoms in total. The number of nitrogens with zero attached hydrogens (tertiary/aromatic N) is 1. The van der Waals surface area contributed by atoms with Crippen LogP contribution in [-0.2, 0) is 16.0 Å². The van der Waals surface area contributed by atoms with E-state index in [2.05, 4.69) is 4.98 Å². The first-order valence-electron chi connectivity index (χ1n) is 5.55. The number of carbonyl (C=O) groups is 1. The van der Waals surface area contributed by atoms with Crippen molar-refractivity contribution in [3.63, 3.8) is 0 Å². The standard InChI is InChI=1S/C13H12ClNO2S/c1-2-17-13(16)7-12-15-11(8-18-12)9-3-5-10(14)6-4-9/h3-6,8H,2,7H2,1H3. The zero-order valence-electron chi connectivity index (χ0n) is 9.85. The molecule has 0 aliphatic carbocycles. The molecule has 5 heteroatoms. The van der Waals surface area contributed by atoms with Gasteiger partial charge in [-0.05, 0) is 19.1 Å². The minimum Gasteiger partial charge on any atom is -0.466 e. The van der Waals surface area contributed by atoms with Crippen molar-refractivity contribution in [3.8, 4) is 11.3 Å². The van der Waals surface area contributed by atoms with Crippen molar-refractivity contribution < 1.29 is 9.53 Å². The van der Waals surface area contributed by atoms with Gasteiger partial charge in [0, 0.05) is 16.0 Å². The van der Waals surface area contributed by atoms with Gasteiger partial charge in [0.25, 0.3) is 0 Å². The van der Waals surface area contributed by atoms with Crippen LogP contribution in [0.3, 0.4) is 0 Å². The summed E-state index contributed by atoms with van der Waals surface area (Å²) in [6.45, 7) is 2.19. The first kappa shape index (κ1) is 13.1. The summed E-state index contributed by atoms with van der Waals surface area (Å²) in [5.41, 5.74) is 1.85. The first-order chi connectivity index (χ1) is 8.69. The molecule has 1 aromatic carbocycles. The highest BCUT2D eigenvalue weighted by Gasteiger charge is 2.09. The molecule has 0 N–H and O–H groups in total. The monoisotopic (exact) mass is 281 g/mol. The summed E-state index contributed by atoms with van der Waals surface area (Å²) < 4.78 is 4.89. The van der Waals surface area contributed by atoms with Gasteiger partial charge in [-0.2, -0.15) is 0 Å². The summed E-state index contributed by atoms with van der Waals surface area (Å²) in [7, 11) is 0. The van der Waals surface area contributed by atoms with Crippen molar-refractivity contribution >= 4 is 28.9 Å². The number of aromatic nitrogens is 1. The number of hydrogen-bond donors (Lipinski definition) is 0. The van der Waals surface area contributed by atoms with Crippen LogP contribution >= 0.6 is 22.9 Å². The Morgan fingerprint density at radius 3 is 2.78 bits per heavy atom. The molecule has 0 aliphatic heterocycles. The summed E-state index contributed by atoms with van der Waals surface area (Å²) >= 11 is 7.29. The van der Waals surface area contributed by atoms with Gasteiger partial charge in [-0.3, -0.25) is 4.79 Å². The Morgan fingerprint density at radius 1 is 1.39 bits per heavy atom. The Kier molecular flexibility index (Phi) is 4.33. The SMILES string of the molecule is CCOC(=O)Cc1nc(-c2ccc(Cl)cc2)cs1. The minimum atomic E-state index is -0.241. The number of halogens is 1. The van der Waals surface area contributed by atoms with Crippen LogP contribution in [0, 0.1) is 0 Å². The van der Waals surface area contributed by atoms with Gasteiger partial charge in [-0.15, -0.1) is 11.3 Å². The average molecular weight is 282 g/mol. The average Bonchev–Trinajstić information content (AvgIpc) is 2.78. The molecule has 0 saturated carbocycles. The molecule has 18 heavy (non-hydrogen) atoms. The Labute approximate surface area is 114 Å². The Hall–Kier alpha value is -1.39. The van der Waals surface area contributed by atoms with Crippen molar-refractivity contribution in [3.05, 3.63) is 39.7 Å². The third-order valence-electron chi connectivity index (χ3n) is 2.29. The second-order valence-electron chi connectivity index (χ2n) is 3.62. The van der Waals surface area contributed by atoms with Gasteiger partial charge in [0.1, 0.15) is 5.01 Å². The summed E-state index contributed by atoms with van der Waals surface area (Å²) in [5, 5.41) is 3.39. The van der Waals surface area contributed by atoms with Crippen LogP contribution in [0.5, 0.6) is 0 Å². The van der Waals surface area contributed by atoms with Crippen molar-refractivity contribution in [2.75, 3.05) is 6.61 Å². The quantitative estimate of drug-likeness (QED) is 0.804. The number of ether oxygens (including phenoxy) is 1. The number of hydrogen-bond acceptors (Lipinski definition) is 4. The van der Waals surface area contributed by atoms with Crippen molar-refractivity contribution in [2.45, 2.75) is 13.3 Å². The van der Waals surface area contributed by atoms with Crippen LogP contribution < -0.4 is 0 Å². The zero-order chi connectivity index (χ0) is 13.0. The fourth-order valence-corrected chi connectivity index (χ4v) is 2.40. The molecule has 0 fully saturated rings. The van der Waals surface area contributed by atoms with E-state index in [4.69, 9.17) is 16.3 Å². The van der Waals surface area contributed by atoms with Gasteiger partial charge < -0.3 is 4.74 Å². The molecule has 94 valence electrons. The fraction of sp³-hybridized carbons (Fsp3) is 0.231. The van der Waals surface area contributed by atoms with Crippen LogP contribution in [0.2, 0.25) is 5.02 Å². The topological polar surface area (TPSA) is 39.2 Å². The van der Waals surface area contributed by atoms with Crippen LogP contribution in [0.25, 0.3) is 11.3 Å². The molecular formula is C13H12ClNO2S. The third-order valence-corrected chi connectivity index (χ3v) is 3.39. The maximum Gasteiger partial charge on any atom is 0.312 e. The minimum absolute atomic E-state index is 0.228. The number of benzene rings is 1. The van der Waals surface area contributed by atoms with E-state index in [1.807, 2.05) is 29.6 Å². The number of esters is 1. The lowest BCUT2D eigenvalue weighted by atomic mass is 10.2. The van der Waals surface area contributed by atoms with E-state index >= 15 is 0 Å².